The molecule has 1 amide bonds. The fourth-order valence-corrected chi connectivity index (χ4v) is 2.89. The highest BCUT2D eigenvalue weighted by Gasteiger charge is 2.33. The van der Waals surface area contributed by atoms with E-state index in [-0.39, 0.29) is 17.6 Å². The van der Waals surface area contributed by atoms with Gasteiger partial charge in [-0.15, -0.1) is 0 Å². The fraction of sp³-hybridized carbons (Fsp3) is 0.471. The van der Waals surface area contributed by atoms with Crippen molar-refractivity contribution in [3.63, 3.8) is 0 Å². The van der Waals surface area contributed by atoms with Crippen molar-refractivity contribution >= 4 is 5.91 Å². The van der Waals surface area contributed by atoms with Crippen LogP contribution in [0.25, 0.3) is 11.4 Å². The Morgan fingerprint density at radius 1 is 1.38 bits per heavy atom. The van der Waals surface area contributed by atoms with Crippen LogP contribution in [0.2, 0.25) is 0 Å². The first kappa shape index (κ1) is 16.6. The molecule has 1 aromatic carbocycles. The zero-order valence-electron chi connectivity index (χ0n) is 13.8. The topological polar surface area (TPSA) is 85.3 Å². The lowest BCUT2D eigenvalue weighted by Gasteiger charge is -2.35. The summed E-state index contributed by atoms with van der Waals surface area (Å²) in [5.74, 6) is 0.528. The number of piperidine rings is 1. The Balaban J connectivity index is 1.75. The zero-order chi connectivity index (χ0) is 17.3. The molecule has 1 unspecified atom stereocenters. The van der Waals surface area contributed by atoms with Crippen molar-refractivity contribution in [2.75, 3.05) is 13.1 Å². The number of amides is 1. The van der Waals surface area contributed by atoms with Gasteiger partial charge >= 0.3 is 0 Å². The third-order valence-corrected chi connectivity index (χ3v) is 4.15. The molecule has 0 aliphatic carbocycles. The first-order chi connectivity index (χ1) is 11.3. The second-order valence-electron chi connectivity index (χ2n) is 6.78. The Hall–Kier alpha value is -2.28. The van der Waals surface area contributed by atoms with Gasteiger partial charge in [0, 0.05) is 18.7 Å². The number of carbonyl (C=O) groups excluding carboxylic acids is 1. The van der Waals surface area contributed by atoms with Crippen LogP contribution in [-0.2, 0) is 4.79 Å². The molecule has 1 aliphatic rings. The van der Waals surface area contributed by atoms with Crippen LogP contribution in [0.5, 0.6) is 0 Å². The number of carbonyl (C=O) groups is 1. The fourth-order valence-electron chi connectivity index (χ4n) is 2.89. The predicted molar refractivity (Wildman–Crippen MR) is 86.5 cm³/mol. The molecule has 0 spiro atoms. The van der Waals surface area contributed by atoms with Crippen LogP contribution in [0.15, 0.2) is 28.8 Å². The summed E-state index contributed by atoms with van der Waals surface area (Å²) in [5, 5.41) is 3.97. The first-order valence-electron chi connectivity index (χ1n) is 8.02. The number of halogens is 1. The van der Waals surface area contributed by atoms with Gasteiger partial charge in [0.1, 0.15) is 5.82 Å². The smallest absolute Gasteiger partial charge is 0.242 e. The minimum absolute atomic E-state index is 0.00764. The number of aromatic nitrogens is 2. The van der Waals surface area contributed by atoms with Crippen molar-refractivity contribution in [3.8, 4) is 11.4 Å². The van der Waals surface area contributed by atoms with Gasteiger partial charge in [0.15, 0.2) is 0 Å². The summed E-state index contributed by atoms with van der Waals surface area (Å²) in [7, 11) is 0. The van der Waals surface area contributed by atoms with Crippen molar-refractivity contribution in [2.45, 2.75) is 38.1 Å². The normalized spacial score (nSPS) is 18.7. The molecule has 2 heterocycles. The molecule has 128 valence electrons. The highest BCUT2D eigenvalue weighted by molar-refractivity contribution is 5.85. The lowest BCUT2D eigenvalue weighted by Crippen LogP contribution is -2.53. The number of hydrogen-bond donors (Lipinski definition) is 1. The van der Waals surface area contributed by atoms with E-state index < -0.39 is 5.54 Å². The molecule has 0 saturated carbocycles. The molecular formula is C17H21FN4O2. The van der Waals surface area contributed by atoms with E-state index in [2.05, 4.69) is 10.1 Å². The molecule has 1 aliphatic heterocycles. The van der Waals surface area contributed by atoms with Gasteiger partial charge < -0.3 is 15.2 Å². The van der Waals surface area contributed by atoms with Gasteiger partial charge in [-0.3, -0.25) is 4.79 Å². The standard InChI is InChI=1S/C17H21FN4O2/c1-17(2,19)16(23)22-9-3-4-12(10-22)15-20-14(21-24-15)11-5-7-13(18)8-6-11/h5-8,12H,3-4,9-10,19H2,1-2H3. The molecule has 1 atom stereocenters. The van der Waals surface area contributed by atoms with E-state index in [0.717, 1.165) is 12.8 Å². The average molecular weight is 332 g/mol. The Morgan fingerprint density at radius 2 is 2.08 bits per heavy atom. The molecule has 1 saturated heterocycles. The number of hydrogen-bond acceptors (Lipinski definition) is 5. The molecule has 1 fully saturated rings. The Bertz CT molecular complexity index is 721. The van der Waals surface area contributed by atoms with Gasteiger partial charge in [-0.2, -0.15) is 4.98 Å². The van der Waals surface area contributed by atoms with E-state index in [1.165, 1.54) is 12.1 Å². The predicted octanol–water partition coefficient (Wildman–Crippen LogP) is 2.32. The van der Waals surface area contributed by atoms with E-state index in [1.54, 1.807) is 30.9 Å². The van der Waals surface area contributed by atoms with Crippen molar-refractivity contribution in [1.82, 2.24) is 15.0 Å². The lowest BCUT2D eigenvalue weighted by atomic mass is 9.95. The van der Waals surface area contributed by atoms with Crippen molar-refractivity contribution in [3.05, 3.63) is 36.0 Å². The number of nitrogens with zero attached hydrogens (tertiary/aromatic N) is 3. The van der Waals surface area contributed by atoms with Crippen LogP contribution < -0.4 is 5.73 Å². The van der Waals surface area contributed by atoms with E-state index in [1.807, 2.05) is 0 Å². The summed E-state index contributed by atoms with van der Waals surface area (Å²) in [4.78, 5) is 18.5. The maximum absolute atomic E-state index is 13.0. The molecule has 0 bridgehead atoms. The number of rotatable bonds is 3. The maximum atomic E-state index is 13.0. The number of nitrogens with two attached hydrogens (primary N) is 1. The molecule has 7 heteroatoms. The minimum atomic E-state index is -0.893. The second kappa shape index (κ2) is 6.32. The highest BCUT2D eigenvalue weighted by Crippen LogP contribution is 2.28. The Labute approximate surface area is 139 Å². The Morgan fingerprint density at radius 3 is 2.75 bits per heavy atom. The van der Waals surface area contributed by atoms with E-state index in [4.69, 9.17) is 10.3 Å². The van der Waals surface area contributed by atoms with Gasteiger partial charge in [0.25, 0.3) is 0 Å². The summed E-state index contributed by atoms with van der Waals surface area (Å²) < 4.78 is 18.4. The van der Waals surface area contributed by atoms with Crippen molar-refractivity contribution in [2.24, 2.45) is 5.73 Å². The Kier molecular flexibility index (Phi) is 4.36. The van der Waals surface area contributed by atoms with E-state index >= 15 is 0 Å². The molecule has 24 heavy (non-hydrogen) atoms. The van der Waals surface area contributed by atoms with Crippen LogP contribution in [0.1, 0.15) is 38.5 Å². The van der Waals surface area contributed by atoms with Crippen molar-refractivity contribution in [1.29, 1.82) is 0 Å². The van der Waals surface area contributed by atoms with Crippen molar-refractivity contribution < 1.29 is 13.7 Å². The molecular weight excluding hydrogens is 311 g/mol. The summed E-state index contributed by atoms with van der Waals surface area (Å²) in [5.41, 5.74) is 5.71. The van der Waals surface area contributed by atoms with Gasteiger partial charge in [-0.1, -0.05) is 5.16 Å². The third kappa shape index (κ3) is 3.46. The van der Waals surface area contributed by atoms with Crippen LogP contribution in [0.3, 0.4) is 0 Å². The van der Waals surface area contributed by atoms with Gasteiger partial charge in [0.2, 0.25) is 17.6 Å². The summed E-state index contributed by atoms with van der Waals surface area (Å²) in [6, 6.07) is 5.93. The molecule has 2 N–H and O–H groups in total. The second-order valence-corrected chi connectivity index (χ2v) is 6.78. The molecule has 6 nitrogen and oxygen atoms in total. The van der Waals surface area contributed by atoms with Crippen LogP contribution in [0.4, 0.5) is 4.39 Å². The zero-order valence-corrected chi connectivity index (χ0v) is 13.8. The average Bonchev–Trinajstić information content (AvgIpc) is 3.04. The monoisotopic (exact) mass is 332 g/mol. The minimum Gasteiger partial charge on any atom is -0.340 e. The van der Waals surface area contributed by atoms with E-state index in [0.29, 0.717) is 30.4 Å². The van der Waals surface area contributed by atoms with Crippen LogP contribution in [-0.4, -0.2) is 39.6 Å². The third-order valence-electron chi connectivity index (χ3n) is 4.15. The molecule has 0 radical (unpaired) electrons. The number of benzene rings is 1. The summed E-state index contributed by atoms with van der Waals surface area (Å²) >= 11 is 0. The van der Waals surface area contributed by atoms with Gasteiger partial charge in [-0.05, 0) is 51.0 Å². The van der Waals surface area contributed by atoms with Crippen LogP contribution >= 0.6 is 0 Å². The summed E-state index contributed by atoms with van der Waals surface area (Å²) in [6.45, 7) is 4.62. The lowest BCUT2D eigenvalue weighted by molar-refractivity contribution is -0.137. The molecule has 3 rings (SSSR count). The largest absolute Gasteiger partial charge is 0.340 e. The maximum Gasteiger partial charge on any atom is 0.242 e. The van der Waals surface area contributed by atoms with Crippen LogP contribution in [0, 0.1) is 5.82 Å². The van der Waals surface area contributed by atoms with E-state index in [9.17, 15) is 9.18 Å². The molecule has 2 aromatic rings. The number of likely N-dealkylation sites (tertiary alicyclic amines) is 1. The SMILES string of the molecule is CC(C)(N)C(=O)N1CCCC(c2nc(-c3ccc(F)cc3)no2)C1. The summed E-state index contributed by atoms with van der Waals surface area (Å²) in [6.07, 6.45) is 1.74. The van der Waals surface area contributed by atoms with Gasteiger partial charge in [-0.25, -0.2) is 4.39 Å². The highest BCUT2D eigenvalue weighted by atomic mass is 19.1. The first-order valence-corrected chi connectivity index (χ1v) is 8.02. The quantitative estimate of drug-likeness (QED) is 0.932. The van der Waals surface area contributed by atoms with Gasteiger partial charge in [0.05, 0.1) is 11.5 Å². The molecule has 1 aromatic heterocycles.